The number of aryl methyl sites for hydroxylation is 2. The number of amides is 3. The average molecular weight is 662 g/mol. The molecule has 0 aliphatic carbocycles. The molecule has 11 nitrogen and oxygen atoms in total. The lowest BCUT2D eigenvalue weighted by molar-refractivity contribution is -0.129. The van der Waals surface area contributed by atoms with Crippen LogP contribution in [0.5, 0.6) is 0 Å². The molecule has 4 aromatic rings. The van der Waals surface area contributed by atoms with Gasteiger partial charge in [-0.15, -0.1) is 21.5 Å². The van der Waals surface area contributed by atoms with Gasteiger partial charge in [0.15, 0.2) is 5.82 Å². The van der Waals surface area contributed by atoms with Gasteiger partial charge in [0.2, 0.25) is 17.7 Å². The summed E-state index contributed by atoms with van der Waals surface area (Å²) in [6.45, 7) is 6.07. The number of hydrogen-bond donors (Lipinski definition) is 4. The predicted molar refractivity (Wildman–Crippen MR) is 179 cm³/mol. The van der Waals surface area contributed by atoms with Crippen LogP contribution in [0.25, 0.3) is 5.00 Å². The number of hydroxylamine groups is 1. The first kappa shape index (κ1) is 33.0. The number of halogens is 1. The summed E-state index contributed by atoms with van der Waals surface area (Å²) in [5, 5.41) is 24.8. The fraction of sp³-hybridized carbons (Fsp3) is 0.333. The number of unbranched alkanes of at least 4 members (excludes halogenated alkanes) is 3. The molecule has 1 atom stereocenters. The van der Waals surface area contributed by atoms with Crippen molar-refractivity contribution in [3.05, 3.63) is 86.8 Å². The number of carbonyl (C=O) groups excluding carboxylic acids is 3. The molecule has 0 unspecified atom stereocenters. The summed E-state index contributed by atoms with van der Waals surface area (Å²) < 4.78 is 2.01. The lowest BCUT2D eigenvalue weighted by Crippen LogP contribution is -2.17. The minimum atomic E-state index is -0.587. The summed E-state index contributed by atoms with van der Waals surface area (Å²) in [5.41, 5.74) is 6.64. The first-order chi connectivity index (χ1) is 22.1. The van der Waals surface area contributed by atoms with Crippen molar-refractivity contribution in [2.45, 2.75) is 71.8 Å². The second-order valence-electron chi connectivity index (χ2n) is 11.2. The summed E-state index contributed by atoms with van der Waals surface area (Å²) in [6.07, 6.45) is 3.64. The Balaban J connectivity index is 1.25. The van der Waals surface area contributed by atoms with E-state index in [9.17, 15) is 14.4 Å². The molecule has 0 bridgehead atoms. The Morgan fingerprint density at radius 1 is 0.848 bits per heavy atom. The van der Waals surface area contributed by atoms with Gasteiger partial charge >= 0.3 is 0 Å². The Bertz CT molecular complexity index is 1760. The number of anilines is 2. The van der Waals surface area contributed by atoms with Crippen molar-refractivity contribution >= 4 is 57.7 Å². The summed E-state index contributed by atoms with van der Waals surface area (Å²) in [7, 11) is 0. The highest BCUT2D eigenvalue weighted by Crippen LogP contribution is 2.39. The zero-order valence-corrected chi connectivity index (χ0v) is 27.5. The van der Waals surface area contributed by atoms with Crippen LogP contribution in [-0.2, 0) is 14.4 Å². The van der Waals surface area contributed by atoms with Gasteiger partial charge in [-0.25, -0.2) is 5.48 Å². The topological polar surface area (TPSA) is 151 Å². The van der Waals surface area contributed by atoms with E-state index in [0.29, 0.717) is 41.5 Å². The molecule has 0 saturated heterocycles. The van der Waals surface area contributed by atoms with E-state index in [1.165, 1.54) is 4.88 Å². The molecule has 4 N–H and O–H groups in total. The number of nitrogens with zero attached hydrogens (tertiary/aromatic N) is 4. The van der Waals surface area contributed by atoms with E-state index >= 15 is 0 Å². The van der Waals surface area contributed by atoms with Crippen LogP contribution in [0.3, 0.4) is 0 Å². The van der Waals surface area contributed by atoms with Crippen LogP contribution in [-0.4, -0.2) is 43.4 Å². The second-order valence-corrected chi connectivity index (χ2v) is 12.9. The molecule has 2 aromatic carbocycles. The second kappa shape index (κ2) is 14.8. The maximum Gasteiger partial charge on any atom is 0.243 e. The third-order valence-electron chi connectivity index (χ3n) is 7.87. The lowest BCUT2D eigenvalue weighted by atomic mass is 9.99. The summed E-state index contributed by atoms with van der Waals surface area (Å²) in [6, 6.07) is 13.9. The number of benzene rings is 2. The zero-order valence-electron chi connectivity index (χ0n) is 25.9. The van der Waals surface area contributed by atoms with Gasteiger partial charge in [-0.05, 0) is 75.6 Å². The summed E-state index contributed by atoms with van der Waals surface area (Å²) in [4.78, 5) is 43.1. The van der Waals surface area contributed by atoms with Crippen LogP contribution in [0.2, 0.25) is 5.02 Å². The Labute approximate surface area is 276 Å². The number of fused-ring (bicyclic) bond motifs is 3. The van der Waals surface area contributed by atoms with Crippen molar-refractivity contribution in [3.8, 4) is 5.00 Å². The first-order valence-corrected chi connectivity index (χ1v) is 16.3. The van der Waals surface area contributed by atoms with Crippen LogP contribution in [0.4, 0.5) is 11.4 Å². The van der Waals surface area contributed by atoms with Crippen LogP contribution < -0.4 is 16.1 Å². The number of nitrogens with one attached hydrogen (secondary N) is 3. The maximum absolute atomic E-state index is 13.4. The molecule has 3 heterocycles. The van der Waals surface area contributed by atoms with Crippen molar-refractivity contribution < 1.29 is 19.6 Å². The van der Waals surface area contributed by atoms with Gasteiger partial charge in [-0.3, -0.25) is 29.2 Å². The first-order valence-electron chi connectivity index (χ1n) is 15.1. The van der Waals surface area contributed by atoms with Crippen molar-refractivity contribution in [1.82, 2.24) is 20.2 Å². The quantitative estimate of drug-likeness (QED) is 0.0762. The minimum absolute atomic E-state index is 0.0470. The summed E-state index contributed by atoms with van der Waals surface area (Å²) >= 11 is 7.86. The number of hydrogen-bond acceptors (Lipinski definition) is 8. The Hall–Kier alpha value is -4.39. The third-order valence-corrected chi connectivity index (χ3v) is 9.32. The van der Waals surface area contributed by atoms with E-state index in [-0.39, 0.29) is 24.7 Å². The number of carbonyl (C=O) groups is 3. The van der Waals surface area contributed by atoms with Crippen LogP contribution in [0, 0.1) is 20.8 Å². The Kier molecular flexibility index (Phi) is 10.6. The maximum atomic E-state index is 13.4. The van der Waals surface area contributed by atoms with Crippen molar-refractivity contribution in [2.75, 3.05) is 10.6 Å². The lowest BCUT2D eigenvalue weighted by Gasteiger charge is -2.13. The van der Waals surface area contributed by atoms with Crippen LogP contribution in [0.1, 0.15) is 84.2 Å². The fourth-order valence-electron chi connectivity index (χ4n) is 5.36. The molecule has 1 aliphatic heterocycles. The number of thiophene rings is 1. The molecule has 0 spiro atoms. The van der Waals surface area contributed by atoms with E-state index in [4.69, 9.17) is 21.8 Å². The van der Waals surface area contributed by atoms with E-state index in [1.807, 2.05) is 35.8 Å². The molecule has 2 aromatic heterocycles. The monoisotopic (exact) mass is 661 g/mol. The molecule has 0 radical (unpaired) electrons. The van der Waals surface area contributed by atoms with Gasteiger partial charge in [0.05, 0.1) is 12.1 Å². The number of aliphatic imine (C=N–C) groups is 1. The molecule has 1 aliphatic rings. The van der Waals surface area contributed by atoms with Gasteiger partial charge < -0.3 is 10.6 Å². The fourth-order valence-corrected chi connectivity index (χ4v) is 6.70. The standard InChI is InChI=1S/C33H36ClN7O4S/c1-19-20(2)46-33-30(19)31(22-10-12-23(34)13-11-22)37-26(32-39-38-21(3)41(32)33)18-29(44)36-25-16-14-24(15-17-25)35-27(42)8-6-4-5-7-9-28(43)40-45/h10-17,26,45H,4-9,18H2,1-3H3,(H,35,42)(H,36,44)(H,40,43)/t26-/m0/s1. The normalized spacial score (nSPS) is 13.7. The van der Waals surface area contributed by atoms with E-state index < -0.39 is 11.9 Å². The zero-order chi connectivity index (χ0) is 32.8. The predicted octanol–water partition coefficient (Wildman–Crippen LogP) is 6.61. The highest BCUT2D eigenvalue weighted by molar-refractivity contribution is 7.15. The Morgan fingerprint density at radius 3 is 2.09 bits per heavy atom. The van der Waals surface area contributed by atoms with E-state index in [1.54, 1.807) is 41.1 Å². The number of aromatic nitrogens is 3. The molecule has 5 rings (SSSR count). The van der Waals surface area contributed by atoms with Gasteiger partial charge in [-0.1, -0.05) is 36.6 Å². The smallest absolute Gasteiger partial charge is 0.243 e. The SMILES string of the molecule is Cc1sc2c(c1C)C(c1ccc(Cl)cc1)=N[C@@H](CC(=O)Nc1ccc(NC(=O)CCCCCCC(=O)NO)cc1)c1nnc(C)n1-2. The summed E-state index contributed by atoms with van der Waals surface area (Å²) in [5.74, 6) is 0.585. The molecular weight excluding hydrogens is 626 g/mol. The van der Waals surface area contributed by atoms with Gasteiger partial charge in [0, 0.05) is 45.2 Å². The molecule has 0 fully saturated rings. The van der Waals surface area contributed by atoms with Gasteiger partial charge in [0.1, 0.15) is 16.9 Å². The van der Waals surface area contributed by atoms with E-state index in [0.717, 1.165) is 46.1 Å². The Morgan fingerprint density at radius 2 is 1.46 bits per heavy atom. The highest BCUT2D eigenvalue weighted by atomic mass is 35.5. The van der Waals surface area contributed by atoms with Gasteiger partial charge in [0.25, 0.3) is 0 Å². The van der Waals surface area contributed by atoms with Gasteiger partial charge in [-0.2, -0.15) is 0 Å². The third kappa shape index (κ3) is 7.69. The molecule has 0 saturated carbocycles. The minimum Gasteiger partial charge on any atom is -0.326 e. The van der Waals surface area contributed by atoms with Crippen molar-refractivity contribution in [1.29, 1.82) is 0 Å². The van der Waals surface area contributed by atoms with Crippen molar-refractivity contribution in [2.24, 2.45) is 4.99 Å². The largest absolute Gasteiger partial charge is 0.326 e. The number of rotatable bonds is 12. The molecule has 46 heavy (non-hydrogen) atoms. The molecule has 3 amide bonds. The average Bonchev–Trinajstić information content (AvgIpc) is 3.51. The van der Waals surface area contributed by atoms with Crippen LogP contribution >= 0.6 is 22.9 Å². The molecule has 13 heteroatoms. The highest BCUT2D eigenvalue weighted by Gasteiger charge is 2.32. The van der Waals surface area contributed by atoms with Crippen LogP contribution in [0.15, 0.2) is 53.5 Å². The molecular formula is C33H36ClN7O4S. The van der Waals surface area contributed by atoms with E-state index in [2.05, 4.69) is 34.7 Å². The molecule has 240 valence electrons. The van der Waals surface area contributed by atoms with Crippen molar-refractivity contribution in [3.63, 3.8) is 0 Å².